The third kappa shape index (κ3) is 5.72. The normalized spacial score (nSPS) is 12.9. The third-order valence-electron chi connectivity index (χ3n) is 3.98. The SMILES string of the molecule is CCNC(=NCC(C)c1ccc(C)cc1)NCCc1cnn(C)c1. The van der Waals surface area contributed by atoms with E-state index in [1.54, 1.807) is 0 Å². The summed E-state index contributed by atoms with van der Waals surface area (Å²) in [6, 6.07) is 8.70. The summed E-state index contributed by atoms with van der Waals surface area (Å²) in [7, 11) is 1.94. The van der Waals surface area contributed by atoms with Gasteiger partial charge in [-0.2, -0.15) is 5.10 Å². The number of aliphatic imine (C=N–C) groups is 1. The standard InChI is InChI=1S/C19H29N5/c1-5-20-19(21-11-10-17-13-23-24(4)14-17)22-12-16(3)18-8-6-15(2)7-9-18/h6-9,13-14,16H,5,10-12H2,1-4H3,(H2,20,21,22). The lowest BCUT2D eigenvalue weighted by molar-refractivity contribution is 0.744. The van der Waals surface area contributed by atoms with Crippen LogP contribution in [-0.2, 0) is 13.5 Å². The zero-order chi connectivity index (χ0) is 17.4. The van der Waals surface area contributed by atoms with E-state index in [2.05, 4.69) is 60.8 Å². The van der Waals surface area contributed by atoms with Crippen LogP contribution in [0.1, 0.15) is 36.5 Å². The van der Waals surface area contributed by atoms with Crippen molar-refractivity contribution >= 4 is 5.96 Å². The van der Waals surface area contributed by atoms with E-state index in [-0.39, 0.29) is 0 Å². The Balaban J connectivity index is 1.86. The predicted octanol–water partition coefficient (Wildman–Crippen LogP) is 2.63. The van der Waals surface area contributed by atoms with E-state index in [1.807, 2.05) is 24.1 Å². The summed E-state index contributed by atoms with van der Waals surface area (Å²) in [5, 5.41) is 10.9. The number of hydrogen-bond donors (Lipinski definition) is 2. The van der Waals surface area contributed by atoms with E-state index in [0.717, 1.165) is 32.0 Å². The van der Waals surface area contributed by atoms with Crippen LogP contribution in [0.2, 0.25) is 0 Å². The summed E-state index contributed by atoms with van der Waals surface area (Å²) < 4.78 is 1.83. The van der Waals surface area contributed by atoms with Gasteiger partial charge in [-0.1, -0.05) is 36.8 Å². The van der Waals surface area contributed by atoms with Gasteiger partial charge in [0.25, 0.3) is 0 Å². The minimum absolute atomic E-state index is 0.402. The molecule has 130 valence electrons. The molecule has 0 aliphatic heterocycles. The summed E-state index contributed by atoms with van der Waals surface area (Å²) in [4.78, 5) is 4.72. The number of aromatic nitrogens is 2. The van der Waals surface area contributed by atoms with Crippen molar-refractivity contribution in [3.05, 3.63) is 53.3 Å². The van der Waals surface area contributed by atoms with Gasteiger partial charge in [0.1, 0.15) is 0 Å². The highest BCUT2D eigenvalue weighted by Crippen LogP contribution is 2.15. The first-order chi connectivity index (χ1) is 11.6. The summed E-state index contributed by atoms with van der Waals surface area (Å²) in [6.45, 7) is 8.89. The Labute approximate surface area is 145 Å². The van der Waals surface area contributed by atoms with Gasteiger partial charge in [-0.25, -0.2) is 0 Å². The van der Waals surface area contributed by atoms with Crippen LogP contribution < -0.4 is 10.6 Å². The van der Waals surface area contributed by atoms with Gasteiger partial charge in [0.2, 0.25) is 0 Å². The predicted molar refractivity (Wildman–Crippen MR) is 100 cm³/mol. The quantitative estimate of drug-likeness (QED) is 0.607. The first-order valence-corrected chi connectivity index (χ1v) is 8.64. The smallest absolute Gasteiger partial charge is 0.191 e. The largest absolute Gasteiger partial charge is 0.357 e. The van der Waals surface area contributed by atoms with Gasteiger partial charge < -0.3 is 10.6 Å². The zero-order valence-electron chi connectivity index (χ0n) is 15.2. The molecule has 0 aliphatic rings. The second kappa shape index (κ2) is 9.11. The Kier molecular flexibility index (Phi) is 6.85. The number of rotatable bonds is 7. The molecule has 0 spiro atoms. The number of nitrogens with one attached hydrogen (secondary N) is 2. The first-order valence-electron chi connectivity index (χ1n) is 8.64. The summed E-state index contributed by atoms with van der Waals surface area (Å²) >= 11 is 0. The molecular formula is C19H29N5. The van der Waals surface area contributed by atoms with E-state index in [0.29, 0.717) is 5.92 Å². The third-order valence-corrected chi connectivity index (χ3v) is 3.98. The number of hydrogen-bond acceptors (Lipinski definition) is 2. The molecular weight excluding hydrogens is 298 g/mol. The van der Waals surface area contributed by atoms with Gasteiger partial charge in [0.15, 0.2) is 5.96 Å². The van der Waals surface area contributed by atoms with Crippen molar-refractivity contribution in [2.24, 2.45) is 12.0 Å². The van der Waals surface area contributed by atoms with Crippen LogP contribution in [0.15, 0.2) is 41.7 Å². The monoisotopic (exact) mass is 327 g/mol. The molecule has 5 nitrogen and oxygen atoms in total. The number of guanidine groups is 1. The van der Waals surface area contributed by atoms with Gasteiger partial charge in [0, 0.05) is 38.8 Å². The molecule has 0 saturated heterocycles. The summed E-state index contributed by atoms with van der Waals surface area (Å²) in [5.41, 5.74) is 3.85. The fourth-order valence-electron chi connectivity index (χ4n) is 2.50. The molecule has 2 aromatic rings. The van der Waals surface area contributed by atoms with Crippen molar-refractivity contribution in [3.8, 4) is 0 Å². The lowest BCUT2D eigenvalue weighted by atomic mass is 10.0. The second-order valence-electron chi connectivity index (χ2n) is 6.23. The Hall–Kier alpha value is -2.30. The van der Waals surface area contributed by atoms with Crippen LogP contribution in [0.4, 0.5) is 0 Å². The van der Waals surface area contributed by atoms with Gasteiger partial charge in [-0.15, -0.1) is 0 Å². The second-order valence-corrected chi connectivity index (χ2v) is 6.23. The molecule has 0 aliphatic carbocycles. The molecule has 5 heteroatoms. The van der Waals surface area contributed by atoms with Crippen LogP contribution >= 0.6 is 0 Å². The molecule has 0 saturated carbocycles. The highest BCUT2D eigenvalue weighted by Gasteiger charge is 2.05. The highest BCUT2D eigenvalue weighted by atomic mass is 15.2. The first kappa shape index (κ1) is 18.0. The molecule has 1 aromatic carbocycles. The molecule has 0 fully saturated rings. The van der Waals surface area contributed by atoms with Crippen molar-refractivity contribution in [2.45, 2.75) is 33.1 Å². The van der Waals surface area contributed by atoms with E-state index in [1.165, 1.54) is 16.7 Å². The van der Waals surface area contributed by atoms with Crippen molar-refractivity contribution in [3.63, 3.8) is 0 Å². The maximum absolute atomic E-state index is 4.72. The molecule has 1 atom stereocenters. The molecule has 1 heterocycles. The topological polar surface area (TPSA) is 54.2 Å². The van der Waals surface area contributed by atoms with Gasteiger partial charge in [-0.3, -0.25) is 9.67 Å². The Morgan fingerprint density at radius 1 is 1.25 bits per heavy atom. The molecule has 2 N–H and O–H groups in total. The average Bonchev–Trinajstić information content (AvgIpc) is 2.98. The maximum Gasteiger partial charge on any atom is 0.191 e. The van der Waals surface area contributed by atoms with Crippen LogP contribution in [0.5, 0.6) is 0 Å². The van der Waals surface area contributed by atoms with E-state index in [9.17, 15) is 0 Å². The minimum Gasteiger partial charge on any atom is -0.357 e. The fourth-order valence-corrected chi connectivity index (χ4v) is 2.50. The number of aryl methyl sites for hydroxylation is 2. The van der Waals surface area contributed by atoms with E-state index in [4.69, 9.17) is 4.99 Å². The van der Waals surface area contributed by atoms with E-state index < -0.39 is 0 Å². The van der Waals surface area contributed by atoms with Crippen molar-refractivity contribution in [1.82, 2.24) is 20.4 Å². The Morgan fingerprint density at radius 2 is 2.00 bits per heavy atom. The molecule has 0 bridgehead atoms. The van der Waals surface area contributed by atoms with Gasteiger partial charge in [-0.05, 0) is 31.4 Å². The summed E-state index contributed by atoms with van der Waals surface area (Å²) in [6.07, 6.45) is 4.89. The molecule has 1 unspecified atom stereocenters. The van der Waals surface area contributed by atoms with E-state index >= 15 is 0 Å². The van der Waals surface area contributed by atoms with Crippen molar-refractivity contribution < 1.29 is 0 Å². The van der Waals surface area contributed by atoms with Gasteiger partial charge in [0.05, 0.1) is 6.20 Å². The summed E-state index contributed by atoms with van der Waals surface area (Å²) in [5.74, 6) is 1.28. The molecule has 24 heavy (non-hydrogen) atoms. The average molecular weight is 327 g/mol. The number of nitrogens with zero attached hydrogens (tertiary/aromatic N) is 3. The fraction of sp³-hybridized carbons (Fsp3) is 0.474. The Morgan fingerprint density at radius 3 is 2.62 bits per heavy atom. The lowest BCUT2D eigenvalue weighted by Gasteiger charge is -2.14. The molecule has 0 radical (unpaired) electrons. The van der Waals surface area contributed by atoms with Crippen LogP contribution in [0, 0.1) is 6.92 Å². The number of benzene rings is 1. The van der Waals surface area contributed by atoms with Crippen molar-refractivity contribution in [2.75, 3.05) is 19.6 Å². The van der Waals surface area contributed by atoms with Crippen LogP contribution in [0.25, 0.3) is 0 Å². The minimum atomic E-state index is 0.402. The van der Waals surface area contributed by atoms with Crippen LogP contribution in [-0.4, -0.2) is 35.4 Å². The van der Waals surface area contributed by atoms with Crippen LogP contribution in [0.3, 0.4) is 0 Å². The maximum atomic E-state index is 4.72. The Bertz CT molecular complexity index is 642. The highest BCUT2D eigenvalue weighted by molar-refractivity contribution is 5.79. The molecule has 0 amide bonds. The zero-order valence-corrected chi connectivity index (χ0v) is 15.2. The molecule has 2 rings (SSSR count). The molecule has 1 aromatic heterocycles. The lowest BCUT2D eigenvalue weighted by Crippen LogP contribution is -2.38. The van der Waals surface area contributed by atoms with Crippen molar-refractivity contribution in [1.29, 1.82) is 0 Å². The van der Waals surface area contributed by atoms with Gasteiger partial charge >= 0.3 is 0 Å².